The van der Waals surface area contributed by atoms with Crippen LogP contribution in [0, 0.1) is 0 Å². The predicted molar refractivity (Wildman–Crippen MR) is 57.8 cm³/mol. The smallest absolute Gasteiger partial charge is 0.303 e. The van der Waals surface area contributed by atoms with Crippen LogP contribution in [0.15, 0.2) is 0 Å². The van der Waals surface area contributed by atoms with Crippen molar-refractivity contribution in [3.05, 3.63) is 0 Å². The summed E-state index contributed by atoms with van der Waals surface area (Å²) in [5, 5.41) is 13.5. The molecule has 0 aliphatic rings. The van der Waals surface area contributed by atoms with Crippen molar-refractivity contribution in [1.29, 1.82) is 0 Å². The van der Waals surface area contributed by atoms with Crippen LogP contribution in [0.25, 0.3) is 0 Å². The Hall–Kier alpha value is -1.59. The number of hydrogen-bond acceptors (Lipinski definition) is 3. The Bertz CT molecular complexity index is 264. The third kappa shape index (κ3) is 8.98. The fraction of sp³-hybridized carbons (Fsp3) is 0.700. The first-order chi connectivity index (χ1) is 7.41. The molecule has 0 fully saturated rings. The number of aliphatic carboxylic acids is 1. The van der Waals surface area contributed by atoms with Gasteiger partial charge in [0.2, 0.25) is 11.8 Å². The molecule has 0 saturated carbocycles. The van der Waals surface area contributed by atoms with E-state index in [1.807, 2.05) is 13.8 Å². The minimum absolute atomic E-state index is 0.0544. The third-order valence-corrected chi connectivity index (χ3v) is 1.69. The van der Waals surface area contributed by atoms with Crippen LogP contribution in [0.4, 0.5) is 0 Å². The van der Waals surface area contributed by atoms with Gasteiger partial charge in [0.15, 0.2) is 0 Å². The van der Waals surface area contributed by atoms with Crippen molar-refractivity contribution in [1.82, 2.24) is 10.6 Å². The summed E-state index contributed by atoms with van der Waals surface area (Å²) < 4.78 is 0. The molecule has 92 valence electrons. The van der Waals surface area contributed by atoms with E-state index in [9.17, 15) is 14.4 Å². The minimum Gasteiger partial charge on any atom is -0.481 e. The number of carboxylic acid groups (broad SMARTS) is 1. The van der Waals surface area contributed by atoms with E-state index in [1.165, 1.54) is 0 Å². The van der Waals surface area contributed by atoms with E-state index in [0.717, 1.165) is 0 Å². The van der Waals surface area contributed by atoms with Crippen LogP contribution in [-0.4, -0.2) is 35.5 Å². The molecule has 0 saturated heterocycles. The number of amides is 2. The molecule has 6 heteroatoms. The van der Waals surface area contributed by atoms with Crippen LogP contribution >= 0.6 is 0 Å². The lowest BCUT2D eigenvalue weighted by atomic mass is 10.3. The molecule has 0 aromatic carbocycles. The zero-order chi connectivity index (χ0) is 12.6. The first-order valence-corrected chi connectivity index (χ1v) is 5.19. The SMILES string of the molecule is CC(C)NC(=O)CCNC(=O)CCC(=O)O. The quantitative estimate of drug-likeness (QED) is 0.568. The van der Waals surface area contributed by atoms with Gasteiger partial charge in [-0.2, -0.15) is 0 Å². The van der Waals surface area contributed by atoms with Gasteiger partial charge in [0, 0.05) is 25.4 Å². The maximum atomic E-state index is 11.1. The third-order valence-electron chi connectivity index (χ3n) is 1.69. The van der Waals surface area contributed by atoms with Gasteiger partial charge in [-0.05, 0) is 13.8 Å². The second-order valence-electron chi connectivity index (χ2n) is 3.72. The summed E-state index contributed by atoms with van der Waals surface area (Å²) in [5.74, 6) is -1.49. The molecule has 3 N–H and O–H groups in total. The van der Waals surface area contributed by atoms with Gasteiger partial charge in [0.05, 0.1) is 6.42 Å². The molecular formula is C10H18N2O4. The van der Waals surface area contributed by atoms with Crippen LogP contribution in [0.5, 0.6) is 0 Å². The monoisotopic (exact) mass is 230 g/mol. The number of hydrogen-bond donors (Lipinski definition) is 3. The van der Waals surface area contributed by atoms with Crippen molar-refractivity contribution in [3.8, 4) is 0 Å². The lowest BCUT2D eigenvalue weighted by molar-refractivity contribution is -0.138. The molecule has 0 aromatic rings. The zero-order valence-corrected chi connectivity index (χ0v) is 9.58. The maximum absolute atomic E-state index is 11.1. The van der Waals surface area contributed by atoms with Gasteiger partial charge < -0.3 is 15.7 Å². The zero-order valence-electron chi connectivity index (χ0n) is 9.58. The topological polar surface area (TPSA) is 95.5 Å². The van der Waals surface area contributed by atoms with E-state index in [2.05, 4.69) is 10.6 Å². The van der Waals surface area contributed by atoms with E-state index in [0.29, 0.717) is 0 Å². The Kier molecular flexibility index (Phi) is 6.91. The molecule has 0 aromatic heterocycles. The standard InChI is InChI=1S/C10H18N2O4/c1-7(2)12-9(14)5-6-11-8(13)3-4-10(15)16/h7H,3-6H2,1-2H3,(H,11,13)(H,12,14)(H,15,16). The van der Waals surface area contributed by atoms with Crippen molar-refractivity contribution in [3.63, 3.8) is 0 Å². The summed E-state index contributed by atoms with van der Waals surface area (Å²) in [5.41, 5.74) is 0. The molecule has 0 rings (SSSR count). The van der Waals surface area contributed by atoms with E-state index in [-0.39, 0.29) is 43.7 Å². The molecule has 2 amide bonds. The Morgan fingerprint density at radius 1 is 1.06 bits per heavy atom. The van der Waals surface area contributed by atoms with Gasteiger partial charge in [-0.3, -0.25) is 14.4 Å². The van der Waals surface area contributed by atoms with Crippen molar-refractivity contribution in [2.75, 3.05) is 6.54 Å². The van der Waals surface area contributed by atoms with Crippen molar-refractivity contribution < 1.29 is 19.5 Å². The van der Waals surface area contributed by atoms with Crippen molar-refractivity contribution >= 4 is 17.8 Å². The Morgan fingerprint density at radius 2 is 1.69 bits per heavy atom. The highest BCUT2D eigenvalue weighted by atomic mass is 16.4. The minimum atomic E-state index is -1.01. The number of carboxylic acids is 1. The van der Waals surface area contributed by atoms with Crippen molar-refractivity contribution in [2.24, 2.45) is 0 Å². The average molecular weight is 230 g/mol. The number of carbonyl (C=O) groups is 3. The van der Waals surface area contributed by atoms with Gasteiger partial charge in [0.1, 0.15) is 0 Å². The summed E-state index contributed by atoms with van der Waals surface area (Å²) >= 11 is 0. The molecule has 0 radical (unpaired) electrons. The normalized spacial score (nSPS) is 9.94. The summed E-state index contributed by atoms with van der Waals surface area (Å²) in [6.07, 6.45) is -0.0395. The highest BCUT2D eigenvalue weighted by Gasteiger charge is 2.06. The fourth-order valence-corrected chi connectivity index (χ4v) is 1.02. The van der Waals surface area contributed by atoms with E-state index in [1.54, 1.807) is 0 Å². The number of rotatable bonds is 7. The molecule has 0 aliphatic heterocycles. The fourth-order valence-electron chi connectivity index (χ4n) is 1.02. The molecule has 0 unspecified atom stereocenters. The molecule has 16 heavy (non-hydrogen) atoms. The van der Waals surface area contributed by atoms with Crippen LogP contribution < -0.4 is 10.6 Å². The molecule has 0 heterocycles. The van der Waals surface area contributed by atoms with Gasteiger partial charge in [-0.1, -0.05) is 0 Å². The lowest BCUT2D eigenvalue weighted by Crippen LogP contribution is -2.34. The predicted octanol–water partition coefficient (Wildman–Crippen LogP) is -0.118. The maximum Gasteiger partial charge on any atom is 0.303 e. The first-order valence-electron chi connectivity index (χ1n) is 5.19. The van der Waals surface area contributed by atoms with Gasteiger partial charge in [0.25, 0.3) is 0 Å². The molecule has 0 bridgehead atoms. The summed E-state index contributed by atoms with van der Waals surface area (Å²) in [6.45, 7) is 3.93. The number of carbonyl (C=O) groups excluding carboxylic acids is 2. The molecule has 0 spiro atoms. The average Bonchev–Trinajstić information content (AvgIpc) is 2.13. The van der Waals surface area contributed by atoms with E-state index < -0.39 is 5.97 Å². The van der Waals surface area contributed by atoms with Crippen LogP contribution in [0.3, 0.4) is 0 Å². The Labute approximate surface area is 94.4 Å². The first kappa shape index (κ1) is 14.4. The highest BCUT2D eigenvalue weighted by molar-refractivity contribution is 5.81. The Morgan fingerprint density at radius 3 is 2.19 bits per heavy atom. The second kappa shape index (κ2) is 7.67. The van der Waals surface area contributed by atoms with Gasteiger partial charge >= 0.3 is 5.97 Å². The molecular weight excluding hydrogens is 212 g/mol. The lowest BCUT2D eigenvalue weighted by Gasteiger charge is -2.08. The highest BCUT2D eigenvalue weighted by Crippen LogP contribution is 1.89. The summed E-state index contributed by atoms with van der Waals surface area (Å²) in [6, 6.07) is 0.0789. The van der Waals surface area contributed by atoms with Crippen LogP contribution in [0.1, 0.15) is 33.1 Å². The second-order valence-corrected chi connectivity index (χ2v) is 3.72. The summed E-state index contributed by atoms with van der Waals surface area (Å²) in [7, 11) is 0. The van der Waals surface area contributed by atoms with E-state index >= 15 is 0 Å². The summed E-state index contributed by atoms with van der Waals surface area (Å²) in [4.78, 5) is 32.4. The van der Waals surface area contributed by atoms with Crippen LogP contribution in [0.2, 0.25) is 0 Å². The van der Waals surface area contributed by atoms with Crippen molar-refractivity contribution in [2.45, 2.75) is 39.2 Å². The molecule has 0 aliphatic carbocycles. The Balaban J connectivity index is 3.54. The molecule has 6 nitrogen and oxygen atoms in total. The number of nitrogens with one attached hydrogen (secondary N) is 2. The van der Waals surface area contributed by atoms with E-state index in [4.69, 9.17) is 5.11 Å². The van der Waals surface area contributed by atoms with Gasteiger partial charge in [-0.15, -0.1) is 0 Å². The van der Waals surface area contributed by atoms with Crippen LogP contribution in [-0.2, 0) is 14.4 Å². The largest absolute Gasteiger partial charge is 0.481 e. The van der Waals surface area contributed by atoms with Gasteiger partial charge in [-0.25, -0.2) is 0 Å². The molecule has 0 atom stereocenters.